The zero-order chi connectivity index (χ0) is 17.5. The van der Waals surface area contributed by atoms with Crippen molar-refractivity contribution in [2.45, 2.75) is 13.3 Å². The Kier molecular flexibility index (Phi) is 7.21. The summed E-state index contributed by atoms with van der Waals surface area (Å²) in [5.74, 6) is 0.610. The largest absolute Gasteiger partial charge is 0.396 e. The third kappa shape index (κ3) is 5.30. The predicted octanol–water partition coefficient (Wildman–Crippen LogP) is 1.64. The van der Waals surface area contributed by atoms with E-state index in [4.69, 9.17) is 4.74 Å². The Morgan fingerprint density at radius 2 is 1.96 bits per heavy atom. The summed E-state index contributed by atoms with van der Waals surface area (Å²) in [5.41, 5.74) is 1.88. The van der Waals surface area contributed by atoms with Crippen LogP contribution in [-0.4, -0.2) is 74.4 Å². The molecule has 1 aromatic rings. The van der Waals surface area contributed by atoms with Crippen LogP contribution in [0.3, 0.4) is 0 Å². The van der Waals surface area contributed by atoms with Crippen molar-refractivity contribution in [3.63, 3.8) is 0 Å². The van der Waals surface area contributed by atoms with Gasteiger partial charge < -0.3 is 19.6 Å². The number of aliphatic hydroxyl groups is 1. The summed E-state index contributed by atoms with van der Waals surface area (Å²) >= 11 is 0. The first-order valence-corrected chi connectivity index (χ1v) is 8.67. The summed E-state index contributed by atoms with van der Waals surface area (Å²) in [6, 6.07) is 7.72. The van der Waals surface area contributed by atoms with Gasteiger partial charge in [-0.05, 0) is 44.4 Å². The smallest absolute Gasteiger partial charge is 0.253 e. The van der Waals surface area contributed by atoms with Crippen molar-refractivity contribution < 1.29 is 14.6 Å². The van der Waals surface area contributed by atoms with Crippen LogP contribution < -0.4 is 0 Å². The Bertz CT molecular complexity index is 518. The van der Waals surface area contributed by atoms with Crippen LogP contribution in [-0.2, 0) is 4.74 Å². The van der Waals surface area contributed by atoms with Crippen LogP contribution in [0.15, 0.2) is 24.3 Å². The number of aliphatic hydroxyl groups excluding tert-OH is 1. The summed E-state index contributed by atoms with van der Waals surface area (Å²) in [6.45, 7) is 6.04. The second-order valence-electron chi connectivity index (χ2n) is 6.98. The molecule has 5 nitrogen and oxygen atoms in total. The van der Waals surface area contributed by atoms with Gasteiger partial charge in [-0.2, -0.15) is 0 Å². The highest BCUT2D eigenvalue weighted by atomic mass is 16.5. The minimum absolute atomic E-state index is 0.0673. The molecule has 0 saturated carbocycles. The van der Waals surface area contributed by atoms with E-state index in [2.05, 4.69) is 11.9 Å². The van der Waals surface area contributed by atoms with Crippen molar-refractivity contribution in [3.8, 4) is 0 Å². The number of rotatable bonds is 7. The molecule has 0 radical (unpaired) electrons. The first-order valence-electron chi connectivity index (χ1n) is 8.67. The summed E-state index contributed by atoms with van der Waals surface area (Å²) in [4.78, 5) is 16.9. The zero-order valence-electron chi connectivity index (χ0n) is 15.1. The fraction of sp³-hybridized carbons (Fsp3) is 0.632. The van der Waals surface area contributed by atoms with Gasteiger partial charge in [-0.1, -0.05) is 17.7 Å². The number of nitrogens with zero attached hydrogens (tertiary/aromatic N) is 2. The second-order valence-corrected chi connectivity index (χ2v) is 6.98. The number of piperidine rings is 1. The molecule has 0 aromatic heterocycles. The minimum Gasteiger partial charge on any atom is -0.396 e. The maximum absolute atomic E-state index is 12.8. The molecule has 5 heteroatoms. The van der Waals surface area contributed by atoms with Crippen LogP contribution in [0.4, 0.5) is 0 Å². The fourth-order valence-corrected chi connectivity index (χ4v) is 3.41. The minimum atomic E-state index is 0.0673. The summed E-state index contributed by atoms with van der Waals surface area (Å²) < 4.78 is 5.12. The number of amides is 1. The van der Waals surface area contributed by atoms with Gasteiger partial charge in [-0.3, -0.25) is 4.79 Å². The lowest BCUT2D eigenvalue weighted by molar-refractivity contribution is 0.0451. The van der Waals surface area contributed by atoms with Crippen LogP contribution in [0.1, 0.15) is 22.3 Å². The Balaban J connectivity index is 2.01. The molecule has 1 fully saturated rings. The SMILES string of the molecule is COCCN(C)C[C@H]1C[C@H](CO)CN(C(=O)c2ccc(C)cc2)C1. The molecular weight excluding hydrogens is 304 g/mol. The number of hydrogen-bond donors (Lipinski definition) is 1. The normalized spacial score (nSPS) is 21.3. The zero-order valence-corrected chi connectivity index (χ0v) is 15.1. The maximum Gasteiger partial charge on any atom is 0.253 e. The van der Waals surface area contributed by atoms with Crippen molar-refractivity contribution >= 4 is 5.91 Å². The Morgan fingerprint density at radius 3 is 2.58 bits per heavy atom. The molecule has 0 aliphatic carbocycles. The number of likely N-dealkylation sites (tertiary alicyclic amines) is 1. The van der Waals surface area contributed by atoms with Gasteiger partial charge in [0, 0.05) is 45.5 Å². The van der Waals surface area contributed by atoms with Gasteiger partial charge in [0.1, 0.15) is 0 Å². The van der Waals surface area contributed by atoms with Crippen molar-refractivity contribution in [2.75, 3.05) is 53.6 Å². The lowest BCUT2D eigenvalue weighted by atomic mass is 9.89. The summed E-state index contributed by atoms with van der Waals surface area (Å²) in [6.07, 6.45) is 0.964. The standard InChI is InChI=1S/C19H30N2O3/c1-15-4-6-18(7-5-15)19(23)21-12-16(10-17(13-21)14-22)11-20(2)8-9-24-3/h4-7,16-17,22H,8-14H2,1-3H3/t16-,17+/m1/s1. The number of aryl methyl sites for hydroxylation is 1. The van der Waals surface area contributed by atoms with E-state index in [0.717, 1.165) is 37.2 Å². The molecule has 1 N–H and O–H groups in total. The summed E-state index contributed by atoms with van der Waals surface area (Å²) in [7, 11) is 3.78. The van der Waals surface area contributed by atoms with Crippen molar-refractivity contribution in [1.82, 2.24) is 9.80 Å². The molecule has 1 aliphatic rings. The van der Waals surface area contributed by atoms with Crippen molar-refractivity contribution in [2.24, 2.45) is 11.8 Å². The van der Waals surface area contributed by atoms with Gasteiger partial charge in [0.25, 0.3) is 5.91 Å². The van der Waals surface area contributed by atoms with Gasteiger partial charge in [-0.25, -0.2) is 0 Å². The van der Waals surface area contributed by atoms with E-state index in [1.54, 1.807) is 7.11 Å². The van der Waals surface area contributed by atoms with Gasteiger partial charge in [0.05, 0.1) is 6.61 Å². The highest BCUT2D eigenvalue weighted by Gasteiger charge is 2.30. The number of methoxy groups -OCH3 is 1. The van der Waals surface area contributed by atoms with E-state index >= 15 is 0 Å². The van der Waals surface area contributed by atoms with Crippen LogP contribution in [0.5, 0.6) is 0 Å². The molecule has 1 aromatic carbocycles. The molecule has 0 unspecified atom stereocenters. The van der Waals surface area contributed by atoms with Crippen molar-refractivity contribution in [3.05, 3.63) is 35.4 Å². The molecule has 2 rings (SSSR count). The van der Waals surface area contributed by atoms with E-state index in [1.807, 2.05) is 36.1 Å². The van der Waals surface area contributed by atoms with E-state index in [9.17, 15) is 9.90 Å². The average Bonchev–Trinajstić information content (AvgIpc) is 2.59. The van der Waals surface area contributed by atoms with Crippen molar-refractivity contribution in [1.29, 1.82) is 0 Å². The fourth-order valence-electron chi connectivity index (χ4n) is 3.41. The van der Waals surface area contributed by atoms with Gasteiger partial charge in [0.2, 0.25) is 0 Å². The van der Waals surface area contributed by atoms with Crippen LogP contribution >= 0.6 is 0 Å². The number of hydrogen-bond acceptors (Lipinski definition) is 4. The number of carbonyl (C=O) groups is 1. The third-order valence-electron chi connectivity index (χ3n) is 4.71. The molecule has 0 bridgehead atoms. The molecule has 1 aliphatic heterocycles. The highest BCUT2D eigenvalue weighted by molar-refractivity contribution is 5.94. The molecule has 1 amide bonds. The number of likely N-dealkylation sites (N-methyl/N-ethyl adjacent to an activating group) is 1. The van der Waals surface area contributed by atoms with Crippen LogP contribution in [0.2, 0.25) is 0 Å². The molecule has 1 heterocycles. The molecular formula is C19H30N2O3. The molecule has 0 spiro atoms. The predicted molar refractivity (Wildman–Crippen MR) is 95.1 cm³/mol. The quantitative estimate of drug-likeness (QED) is 0.824. The lowest BCUT2D eigenvalue weighted by Crippen LogP contribution is -2.47. The Morgan fingerprint density at radius 1 is 1.29 bits per heavy atom. The Labute approximate surface area is 145 Å². The molecule has 1 saturated heterocycles. The van der Waals surface area contributed by atoms with Crippen LogP contribution in [0.25, 0.3) is 0 Å². The first-order chi connectivity index (χ1) is 11.5. The first kappa shape index (κ1) is 18.9. The monoisotopic (exact) mass is 334 g/mol. The number of carbonyl (C=O) groups excluding carboxylic acids is 1. The van der Waals surface area contributed by atoms with Crippen LogP contribution in [0, 0.1) is 18.8 Å². The van der Waals surface area contributed by atoms with Gasteiger partial charge >= 0.3 is 0 Å². The molecule has 24 heavy (non-hydrogen) atoms. The number of ether oxygens (including phenoxy) is 1. The van der Waals surface area contributed by atoms with E-state index in [-0.39, 0.29) is 18.4 Å². The van der Waals surface area contributed by atoms with Gasteiger partial charge in [0.15, 0.2) is 0 Å². The van der Waals surface area contributed by atoms with E-state index in [1.165, 1.54) is 0 Å². The maximum atomic E-state index is 12.8. The number of benzene rings is 1. The van der Waals surface area contributed by atoms with E-state index in [0.29, 0.717) is 19.1 Å². The third-order valence-corrected chi connectivity index (χ3v) is 4.71. The highest BCUT2D eigenvalue weighted by Crippen LogP contribution is 2.24. The topological polar surface area (TPSA) is 53.0 Å². The molecule has 2 atom stereocenters. The molecule has 134 valence electrons. The van der Waals surface area contributed by atoms with E-state index < -0.39 is 0 Å². The lowest BCUT2D eigenvalue weighted by Gasteiger charge is -2.38. The second kappa shape index (κ2) is 9.16. The Hall–Kier alpha value is -1.43. The summed E-state index contributed by atoms with van der Waals surface area (Å²) in [5, 5.41) is 9.62. The average molecular weight is 334 g/mol. The van der Waals surface area contributed by atoms with Gasteiger partial charge in [-0.15, -0.1) is 0 Å².